The van der Waals surface area contributed by atoms with E-state index in [9.17, 15) is 8.42 Å². The lowest BCUT2D eigenvalue weighted by Gasteiger charge is -2.05. The maximum absolute atomic E-state index is 11.9. The second-order valence-corrected chi connectivity index (χ2v) is 9.54. The van der Waals surface area contributed by atoms with Crippen molar-refractivity contribution < 1.29 is 12.8 Å². The fourth-order valence-electron chi connectivity index (χ4n) is 2.54. The molecule has 0 aliphatic carbocycles. The number of aryl methyl sites for hydroxylation is 1. The zero-order chi connectivity index (χ0) is 19.0. The van der Waals surface area contributed by atoms with Crippen LogP contribution in [0.4, 0.5) is 0 Å². The van der Waals surface area contributed by atoms with Crippen molar-refractivity contribution in [3.8, 4) is 11.1 Å². The van der Waals surface area contributed by atoms with Crippen molar-refractivity contribution >= 4 is 43.2 Å². The number of benzene rings is 1. The summed E-state index contributed by atoms with van der Waals surface area (Å²) in [4.78, 5) is 9.79. The third kappa shape index (κ3) is 3.60. The molecule has 0 N–H and O–H groups in total. The van der Waals surface area contributed by atoms with Crippen LogP contribution in [-0.4, -0.2) is 34.8 Å². The molecule has 0 unspecified atom stereocenters. The van der Waals surface area contributed by atoms with Gasteiger partial charge in [0, 0.05) is 23.6 Å². The Bertz CT molecular complexity index is 1230. The van der Waals surface area contributed by atoms with Crippen molar-refractivity contribution in [3.63, 3.8) is 0 Å². The third-order valence-corrected chi connectivity index (χ3v) is 6.68. The number of thiophene rings is 1. The van der Waals surface area contributed by atoms with E-state index in [0.29, 0.717) is 22.6 Å². The van der Waals surface area contributed by atoms with Gasteiger partial charge in [-0.15, -0.1) is 21.5 Å². The molecule has 3 heterocycles. The SMILES string of the molecule is CCc1nnc(Sc2ncnc3scc(-c4cccc(S(C)(=O)=O)c4)c23)o1. The Balaban J connectivity index is 1.83. The number of rotatable bonds is 5. The van der Waals surface area contributed by atoms with Gasteiger partial charge in [-0.05, 0) is 29.5 Å². The van der Waals surface area contributed by atoms with E-state index in [1.165, 1.54) is 35.7 Å². The summed E-state index contributed by atoms with van der Waals surface area (Å²) in [6.45, 7) is 1.94. The van der Waals surface area contributed by atoms with Crippen LogP contribution in [0.5, 0.6) is 0 Å². The summed E-state index contributed by atoms with van der Waals surface area (Å²) in [6, 6.07) is 6.86. The van der Waals surface area contributed by atoms with Crippen LogP contribution < -0.4 is 0 Å². The van der Waals surface area contributed by atoms with Crippen LogP contribution in [0.1, 0.15) is 12.8 Å². The molecule has 1 aromatic carbocycles. The number of aromatic nitrogens is 4. The molecule has 0 amide bonds. The second kappa shape index (κ2) is 7.02. The van der Waals surface area contributed by atoms with Gasteiger partial charge >= 0.3 is 0 Å². The van der Waals surface area contributed by atoms with Gasteiger partial charge in [0.05, 0.1) is 10.3 Å². The zero-order valence-corrected chi connectivity index (χ0v) is 16.9. The van der Waals surface area contributed by atoms with E-state index < -0.39 is 9.84 Å². The molecule has 7 nitrogen and oxygen atoms in total. The van der Waals surface area contributed by atoms with Gasteiger partial charge in [-0.1, -0.05) is 19.1 Å². The highest BCUT2D eigenvalue weighted by molar-refractivity contribution is 7.99. The van der Waals surface area contributed by atoms with Crippen LogP contribution in [0.25, 0.3) is 21.3 Å². The Morgan fingerprint density at radius 3 is 2.81 bits per heavy atom. The summed E-state index contributed by atoms with van der Waals surface area (Å²) in [5, 5.41) is 11.9. The molecule has 3 aromatic heterocycles. The first-order chi connectivity index (χ1) is 13.0. The highest BCUT2D eigenvalue weighted by atomic mass is 32.2. The van der Waals surface area contributed by atoms with Crippen LogP contribution in [-0.2, 0) is 16.3 Å². The van der Waals surface area contributed by atoms with Crippen molar-refractivity contribution in [3.05, 3.63) is 41.9 Å². The molecule has 27 heavy (non-hydrogen) atoms. The minimum atomic E-state index is -3.29. The van der Waals surface area contributed by atoms with E-state index >= 15 is 0 Å². The number of hydrogen-bond acceptors (Lipinski definition) is 9. The van der Waals surface area contributed by atoms with E-state index in [-0.39, 0.29) is 4.90 Å². The van der Waals surface area contributed by atoms with Gasteiger partial charge in [0.2, 0.25) is 5.89 Å². The molecular weight excluding hydrogens is 404 g/mol. The van der Waals surface area contributed by atoms with Crippen LogP contribution >= 0.6 is 23.1 Å². The van der Waals surface area contributed by atoms with Crippen LogP contribution in [0, 0.1) is 0 Å². The first-order valence-electron chi connectivity index (χ1n) is 7.98. The molecule has 0 fully saturated rings. The summed E-state index contributed by atoms with van der Waals surface area (Å²) in [6.07, 6.45) is 3.35. The molecule has 10 heteroatoms. The number of hydrogen-bond donors (Lipinski definition) is 0. The molecule has 0 aliphatic rings. The molecule has 0 saturated carbocycles. The lowest BCUT2D eigenvalue weighted by atomic mass is 10.1. The summed E-state index contributed by atoms with van der Waals surface area (Å²) in [5.74, 6) is 0.564. The normalized spacial score (nSPS) is 11.9. The smallest absolute Gasteiger partial charge is 0.282 e. The van der Waals surface area contributed by atoms with Gasteiger partial charge < -0.3 is 4.42 Å². The maximum Gasteiger partial charge on any atom is 0.282 e. The Morgan fingerprint density at radius 2 is 2.07 bits per heavy atom. The predicted octanol–water partition coefficient (Wildman–Crippen LogP) is 3.86. The van der Waals surface area contributed by atoms with Gasteiger partial charge in [-0.3, -0.25) is 0 Å². The fraction of sp³-hybridized carbons (Fsp3) is 0.176. The van der Waals surface area contributed by atoms with Crippen molar-refractivity contribution in [1.82, 2.24) is 20.2 Å². The average molecular weight is 419 g/mol. The first-order valence-corrected chi connectivity index (χ1v) is 11.6. The van der Waals surface area contributed by atoms with E-state index in [1.54, 1.807) is 18.2 Å². The Hall–Kier alpha value is -2.30. The highest BCUT2D eigenvalue weighted by Gasteiger charge is 2.18. The highest BCUT2D eigenvalue weighted by Crippen LogP contribution is 2.40. The molecule has 4 rings (SSSR count). The average Bonchev–Trinajstić information content (AvgIpc) is 3.28. The molecule has 138 valence electrons. The summed E-state index contributed by atoms with van der Waals surface area (Å²) < 4.78 is 29.4. The number of sulfone groups is 1. The van der Waals surface area contributed by atoms with Crippen molar-refractivity contribution in [1.29, 1.82) is 0 Å². The lowest BCUT2D eigenvalue weighted by molar-refractivity contribution is 0.417. The number of nitrogens with zero attached hydrogens (tertiary/aromatic N) is 4. The van der Waals surface area contributed by atoms with Crippen LogP contribution in [0.2, 0.25) is 0 Å². The third-order valence-electron chi connectivity index (χ3n) is 3.84. The molecule has 0 bridgehead atoms. The van der Waals surface area contributed by atoms with Crippen molar-refractivity contribution in [2.45, 2.75) is 28.5 Å². The van der Waals surface area contributed by atoms with Crippen molar-refractivity contribution in [2.24, 2.45) is 0 Å². The minimum Gasteiger partial charge on any atom is -0.416 e. The topological polar surface area (TPSA) is 98.8 Å². The van der Waals surface area contributed by atoms with Gasteiger partial charge in [0.25, 0.3) is 5.22 Å². The van der Waals surface area contributed by atoms with Gasteiger partial charge in [-0.2, -0.15) is 0 Å². The lowest BCUT2D eigenvalue weighted by Crippen LogP contribution is -1.96. The molecule has 0 atom stereocenters. The molecule has 0 radical (unpaired) electrons. The standard InChI is InChI=1S/C17H14N4O3S3/c1-3-13-20-21-17(24-13)26-16-14-12(8-25-15(14)18-9-19-16)10-5-4-6-11(7-10)27(2,22)23/h4-9H,3H2,1-2H3. The monoisotopic (exact) mass is 418 g/mol. The Kier molecular flexibility index (Phi) is 4.70. The van der Waals surface area contributed by atoms with Crippen LogP contribution in [0.3, 0.4) is 0 Å². The van der Waals surface area contributed by atoms with Gasteiger partial charge in [0.15, 0.2) is 9.84 Å². The van der Waals surface area contributed by atoms with Crippen LogP contribution in [0.15, 0.2) is 55.5 Å². The van der Waals surface area contributed by atoms with Gasteiger partial charge in [0.1, 0.15) is 16.2 Å². The quantitative estimate of drug-likeness (QED) is 0.451. The Labute approximate surface area is 163 Å². The predicted molar refractivity (Wildman–Crippen MR) is 104 cm³/mol. The van der Waals surface area contributed by atoms with E-state index in [4.69, 9.17) is 4.42 Å². The maximum atomic E-state index is 11.9. The molecular formula is C17H14N4O3S3. The Morgan fingerprint density at radius 1 is 1.22 bits per heavy atom. The van der Waals surface area contributed by atoms with E-state index in [2.05, 4.69) is 20.2 Å². The minimum absolute atomic E-state index is 0.273. The molecule has 0 saturated heterocycles. The largest absolute Gasteiger partial charge is 0.416 e. The summed E-state index contributed by atoms with van der Waals surface area (Å²) in [7, 11) is -3.29. The zero-order valence-electron chi connectivity index (χ0n) is 14.4. The molecule has 0 aliphatic heterocycles. The van der Waals surface area contributed by atoms with Crippen molar-refractivity contribution in [2.75, 3.05) is 6.26 Å². The second-order valence-electron chi connectivity index (χ2n) is 5.73. The van der Waals surface area contributed by atoms with E-state index in [1.807, 2.05) is 18.4 Å². The molecule has 0 spiro atoms. The number of fused-ring (bicyclic) bond motifs is 1. The summed E-state index contributed by atoms with van der Waals surface area (Å²) in [5.41, 5.74) is 1.67. The van der Waals surface area contributed by atoms with E-state index in [0.717, 1.165) is 21.3 Å². The first kappa shape index (κ1) is 18.1. The molecule has 4 aromatic rings. The van der Waals surface area contributed by atoms with Gasteiger partial charge in [-0.25, -0.2) is 18.4 Å². The summed E-state index contributed by atoms with van der Waals surface area (Å²) >= 11 is 2.75. The fourth-order valence-corrected chi connectivity index (χ4v) is 4.98.